The Labute approximate surface area is 133 Å². The van der Waals surface area contributed by atoms with Gasteiger partial charge in [0.2, 0.25) is 5.91 Å². The Balaban J connectivity index is 0.00000220. The Bertz CT molecular complexity index is 473. The van der Waals surface area contributed by atoms with Gasteiger partial charge in [0.15, 0.2) is 0 Å². The van der Waals surface area contributed by atoms with Crippen molar-refractivity contribution in [2.24, 2.45) is 0 Å². The molecule has 1 aromatic rings. The average molecular weight is 313 g/mol. The zero-order valence-electron chi connectivity index (χ0n) is 13.0. The van der Waals surface area contributed by atoms with Crippen LogP contribution in [0.5, 0.6) is 5.75 Å². The number of rotatable bonds is 4. The maximum Gasteiger partial charge on any atom is 0.239 e. The summed E-state index contributed by atoms with van der Waals surface area (Å²) in [6.07, 6.45) is 3.26. The highest BCUT2D eigenvalue weighted by Crippen LogP contribution is 2.19. The van der Waals surface area contributed by atoms with Gasteiger partial charge in [-0.25, -0.2) is 0 Å². The number of hydrogen-bond acceptors (Lipinski definition) is 3. The number of carbonyl (C=O) groups excluding carboxylic acids is 1. The summed E-state index contributed by atoms with van der Waals surface area (Å²) < 4.78 is 5.26. The minimum absolute atomic E-state index is 0. The van der Waals surface area contributed by atoms with Gasteiger partial charge in [-0.05, 0) is 43.5 Å². The predicted octanol–water partition coefficient (Wildman–Crippen LogP) is 2.53. The number of piperidine rings is 1. The molecule has 1 unspecified atom stereocenters. The highest BCUT2D eigenvalue weighted by molar-refractivity contribution is 5.85. The summed E-state index contributed by atoms with van der Waals surface area (Å²) in [5, 5.41) is 3.30. The third-order valence-electron chi connectivity index (χ3n) is 3.86. The first-order valence-electron chi connectivity index (χ1n) is 7.23. The van der Waals surface area contributed by atoms with Gasteiger partial charge in [0.25, 0.3) is 0 Å². The molecule has 0 saturated carbocycles. The van der Waals surface area contributed by atoms with Crippen LogP contribution in [0, 0.1) is 6.92 Å². The van der Waals surface area contributed by atoms with Crippen molar-refractivity contribution in [1.82, 2.24) is 10.2 Å². The molecule has 2 rings (SSSR count). The quantitative estimate of drug-likeness (QED) is 0.929. The van der Waals surface area contributed by atoms with E-state index in [-0.39, 0.29) is 24.4 Å². The SMILES string of the molecule is COc1ccc(CN(C)C(=O)C2CCCCN2)cc1C.Cl. The van der Waals surface area contributed by atoms with Crippen molar-refractivity contribution in [3.05, 3.63) is 29.3 Å². The van der Waals surface area contributed by atoms with E-state index in [9.17, 15) is 4.79 Å². The van der Waals surface area contributed by atoms with E-state index in [4.69, 9.17) is 4.74 Å². The molecule has 4 nitrogen and oxygen atoms in total. The lowest BCUT2D eigenvalue weighted by atomic mass is 10.0. The second-order valence-corrected chi connectivity index (χ2v) is 5.50. The van der Waals surface area contributed by atoms with Crippen molar-refractivity contribution in [2.75, 3.05) is 20.7 Å². The summed E-state index contributed by atoms with van der Waals surface area (Å²) >= 11 is 0. The fourth-order valence-electron chi connectivity index (χ4n) is 2.72. The van der Waals surface area contributed by atoms with E-state index in [0.29, 0.717) is 6.54 Å². The zero-order valence-corrected chi connectivity index (χ0v) is 13.8. The molecule has 1 amide bonds. The van der Waals surface area contributed by atoms with Crippen LogP contribution in [-0.4, -0.2) is 37.6 Å². The second kappa shape index (κ2) is 8.25. The number of likely N-dealkylation sites (N-methyl/N-ethyl adjacent to an activating group) is 1. The molecule has 0 aromatic heterocycles. The Morgan fingerprint density at radius 1 is 1.43 bits per heavy atom. The molecule has 0 aliphatic carbocycles. The minimum Gasteiger partial charge on any atom is -0.496 e. The Hall–Kier alpha value is -1.26. The van der Waals surface area contributed by atoms with E-state index in [1.165, 1.54) is 6.42 Å². The number of ether oxygens (including phenoxy) is 1. The molecular weight excluding hydrogens is 288 g/mol. The maximum absolute atomic E-state index is 12.3. The molecule has 0 radical (unpaired) electrons. The third-order valence-corrected chi connectivity index (χ3v) is 3.86. The number of nitrogens with one attached hydrogen (secondary N) is 1. The maximum atomic E-state index is 12.3. The van der Waals surface area contributed by atoms with Crippen molar-refractivity contribution < 1.29 is 9.53 Å². The van der Waals surface area contributed by atoms with E-state index in [1.54, 1.807) is 7.11 Å². The summed E-state index contributed by atoms with van der Waals surface area (Å²) in [5.74, 6) is 1.08. The van der Waals surface area contributed by atoms with Gasteiger partial charge in [0, 0.05) is 13.6 Å². The van der Waals surface area contributed by atoms with E-state index >= 15 is 0 Å². The first-order chi connectivity index (χ1) is 9.61. The fourth-order valence-corrected chi connectivity index (χ4v) is 2.72. The van der Waals surface area contributed by atoms with Crippen LogP contribution in [0.2, 0.25) is 0 Å². The highest BCUT2D eigenvalue weighted by atomic mass is 35.5. The van der Waals surface area contributed by atoms with Gasteiger partial charge in [-0.1, -0.05) is 18.6 Å². The van der Waals surface area contributed by atoms with Gasteiger partial charge in [-0.3, -0.25) is 4.79 Å². The minimum atomic E-state index is -0.00639. The normalized spacial score (nSPS) is 17.8. The number of methoxy groups -OCH3 is 1. The molecule has 5 heteroatoms. The molecule has 1 aromatic carbocycles. The summed E-state index contributed by atoms with van der Waals surface area (Å²) in [4.78, 5) is 14.2. The van der Waals surface area contributed by atoms with Gasteiger partial charge in [0.05, 0.1) is 13.2 Å². The molecule has 118 valence electrons. The lowest BCUT2D eigenvalue weighted by Gasteiger charge is -2.27. The molecular formula is C16H25ClN2O2. The van der Waals surface area contributed by atoms with E-state index in [0.717, 1.165) is 36.3 Å². The zero-order chi connectivity index (χ0) is 14.5. The van der Waals surface area contributed by atoms with E-state index in [1.807, 2.05) is 31.0 Å². The van der Waals surface area contributed by atoms with Crippen molar-refractivity contribution >= 4 is 18.3 Å². The molecule has 1 aliphatic rings. The van der Waals surface area contributed by atoms with Crippen LogP contribution in [0.4, 0.5) is 0 Å². The lowest BCUT2D eigenvalue weighted by Crippen LogP contribution is -2.46. The van der Waals surface area contributed by atoms with Crippen LogP contribution in [0.1, 0.15) is 30.4 Å². The Morgan fingerprint density at radius 3 is 2.76 bits per heavy atom. The molecule has 1 heterocycles. The van der Waals surface area contributed by atoms with Crippen molar-refractivity contribution in [3.8, 4) is 5.75 Å². The molecule has 1 atom stereocenters. The van der Waals surface area contributed by atoms with Crippen molar-refractivity contribution in [1.29, 1.82) is 0 Å². The Morgan fingerprint density at radius 2 is 2.19 bits per heavy atom. The van der Waals surface area contributed by atoms with Crippen LogP contribution in [0.15, 0.2) is 18.2 Å². The van der Waals surface area contributed by atoms with Crippen molar-refractivity contribution in [2.45, 2.75) is 38.8 Å². The van der Waals surface area contributed by atoms with Gasteiger partial charge in [0.1, 0.15) is 5.75 Å². The first kappa shape index (κ1) is 17.8. The molecule has 21 heavy (non-hydrogen) atoms. The van der Waals surface area contributed by atoms with Crippen molar-refractivity contribution in [3.63, 3.8) is 0 Å². The number of nitrogens with zero attached hydrogens (tertiary/aromatic N) is 1. The van der Waals surface area contributed by atoms with Gasteiger partial charge >= 0.3 is 0 Å². The van der Waals surface area contributed by atoms with E-state index in [2.05, 4.69) is 11.4 Å². The largest absolute Gasteiger partial charge is 0.496 e. The summed E-state index contributed by atoms with van der Waals surface area (Å²) in [7, 11) is 3.55. The standard InChI is InChI=1S/C16H24N2O2.ClH/c1-12-10-13(7-8-15(12)20-3)11-18(2)16(19)14-6-4-5-9-17-14;/h7-8,10,14,17H,4-6,9,11H2,1-3H3;1H. The van der Waals surface area contributed by atoms with E-state index < -0.39 is 0 Å². The highest BCUT2D eigenvalue weighted by Gasteiger charge is 2.23. The Kier molecular flexibility index (Phi) is 6.99. The summed E-state index contributed by atoms with van der Waals surface area (Å²) in [6.45, 7) is 3.61. The van der Waals surface area contributed by atoms with Gasteiger partial charge < -0.3 is 15.0 Å². The molecule has 1 aliphatic heterocycles. The number of halogens is 1. The monoisotopic (exact) mass is 312 g/mol. The molecule has 1 fully saturated rings. The lowest BCUT2D eigenvalue weighted by molar-refractivity contribution is -0.133. The molecule has 0 bridgehead atoms. The second-order valence-electron chi connectivity index (χ2n) is 5.50. The van der Waals surface area contributed by atoms with Crippen LogP contribution in [0.3, 0.4) is 0 Å². The molecule has 0 spiro atoms. The summed E-state index contributed by atoms with van der Waals surface area (Å²) in [6, 6.07) is 6.05. The van der Waals surface area contributed by atoms with Crippen LogP contribution >= 0.6 is 12.4 Å². The number of benzene rings is 1. The topological polar surface area (TPSA) is 41.6 Å². The van der Waals surface area contributed by atoms with Crippen LogP contribution in [-0.2, 0) is 11.3 Å². The van der Waals surface area contributed by atoms with Crippen LogP contribution in [0.25, 0.3) is 0 Å². The first-order valence-corrected chi connectivity index (χ1v) is 7.23. The summed E-state index contributed by atoms with van der Waals surface area (Å²) in [5.41, 5.74) is 2.23. The smallest absolute Gasteiger partial charge is 0.239 e. The number of amides is 1. The number of hydrogen-bond donors (Lipinski definition) is 1. The number of carbonyl (C=O) groups is 1. The molecule has 1 N–H and O–H groups in total. The third kappa shape index (κ3) is 4.61. The van der Waals surface area contributed by atoms with Crippen LogP contribution < -0.4 is 10.1 Å². The van der Waals surface area contributed by atoms with Gasteiger partial charge in [-0.15, -0.1) is 12.4 Å². The fraction of sp³-hybridized carbons (Fsp3) is 0.562. The predicted molar refractivity (Wildman–Crippen MR) is 87.1 cm³/mol. The van der Waals surface area contributed by atoms with Gasteiger partial charge in [-0.2, -0.15) is 0 Å². The average Bonchev–Trinajstić information content (AvgIpc) is 2.47. The number of aryl methyl sites for hydroxylation is 1. The molecule has 1 saturated heterocycles.